The number of hydrogen-bond donors (Lipinski definition) is 1. The Morgan fingerprint density at radius 1 is 1.20 bits per heavy atom. The molecule has 4 heterocycles. The van der Waals surface area contributed by atoms with Crippen LogP contribution in [0.15, 0.2) is 48.0 Å². The van der Waals surface area contributed by atoms with Crippen molar-refractivity contribution in [2.24, 2.45) is 0 Å². The number of thiazole rings is 1. The zero-order chi connectivity index (χ0) is 24.6. The summed E-state index contributed by atoms with van der Waals surface area (Å²) >= 11 is 1.66. The molecule has 1 atom stereocenters. The van der Waals surface area contributed by atoms with Gasteiger partial charge in [0, 0.05) is 42.7 Å². The van der Waals surface area contributed by atoms with E-state index in [2.05, 4.69) is 34.1 Å². The largest absolute Gasteiger partial charge is 0.435 e. The lowest BCUT2D eigenvalue weighted by atomic mass is 9.97. The fraction of sp³-hybridized carbons (Fsp3) is 0.400. The molecule has 3 aromatic rings. The number of piperidine rings is 1. The van der Waals surface area contributed by atoms with Crippen LogP contribution in [0, 0.1) is 6.92 Å². The zero-order valence-corrected chi connectivity index (χ0v) is 20.1. The Hall–Kier alpha value is -3.14. The fourth-order valence-corrected chi connectivity index (χ4v) is 5.67. The molecule has 1 saturated heterocycles. The summed E-state index contributed by atoms with van der Waals surface area (Å²) in [5, 5.41) is 10.2. The van der Waals surface area contributed by atoms with Crippen molar-refractivity contribution in [3.63, 3.8) is 0 Å². The first-order valence-electron chi connectivity index (χ1n) is 11.6. The number of benzene rings is 1. The number of likely N-dealkylation sites (tertiary alicyclic amines) is 1. The molecular weight excluding hydrogens is 475 g/mol. The topological polar surface area (TPSA) is 63.1 Å². The summed E-state index contributed by atoms with van der Waals surface area (Å²) in [6.07, 6.45) is 0.00233. The maximum absolute atomic E-state index is 12.9. The molecule has 1 fully saturated rings. The number of nitrogens with zero attached hydrogens (tertiary/aromatic N) is 4. The molecule has 0 saturated carbocycles. The Morgan fingerprint density at radius 3 is 2.63 bits per heavy atom. The Balaban J connectivity index is 1.15. The van der Waals surface area contributed by atoms with Gasteiger partial charge in [0.2, 0.25) is 5.91 Å². The molecule has 2 aliphatic heterocycles. The van der Waals surface area contributed by atoms with Gasteiger partial charge in [0.1, 0.15) is 6.54 Å². The van der Waals surface area contributed by atoms with E-state index in [-0.39, 0.29) is 24.4 Å². The lowest BCUT2D eigenvalue weighted by Crippen LogP contribution is -2.40. The Kier molecular flexibility index (Phi) is 6.39. The van der Waals surface area contributed by atoms with Crippen molar-refractivity contribution >= 4 is 22.8 Å². The zero-order valence-electron chi connectivity index (χ0n) is 19.3. The van der Waals surface area contributed by atoms with Crippen LogP contribution in [-0.4, -0.2) is 38.7 Å². The third kappa shape index (κ3) is 5.12. The number of halogens is 3. The molecule has 1 N–H and O–H groups in total. The highest BCUT2D eigenvalue weighted by atomic mass is 32.1. The molecule has 5 rings (SSSR count). The number of rotatable bonds is 5. The van der Waals surface area contributed by atoms with Gasteiger partial charge in [0.15, 0.2) is 5.69 Å². The lowest BCUT2D eigenvalue weighted by molar-refractivity contribution is -0.142. The molecule has 0 bridgehead atoms. The first-order valence-corrected chi connectivity index (χ1v) is 12.5. The van der Waals surface area contributed by atoms with Crippen molar-refractivity contribution < 1.29 is 18.0 Å². The van der Waals surface area contributed by atoms with E-state index < -0.39 is 11.9 Å². The second-order valence-corrected chi connectivity index (χ2v) is 9.95. The normalized spacial score (nSPS) is 19.0. The van der Waals surface area contributed by atoms with E-state index in [0.717, 1.165) is 40.7 Å². The molecule has 2 aliphatic rings. The van der Waals surface area contributed by atoms with Crippen molar-refractivity contribution in [2.75, 3.05) is 13.1 Å². The monoisotopic (exact) mass is 501 g/mol. The SMILES string of the molecule is Cc1cc(C(F)(F)F)nn1CC(=O)N1CCC(c2nc(C3=CNC(c4ccccc4)C3)cs2)CC1. The van der Waals surface area contributed by atoms with Crippen LogP contribution >= 0.6 is 11.3 Å². The van der Waals surface area contributed by atoms with E-state index in [1.54, 1.807) is 16.2 Å². The third-order valence-electron chi connectivity index (χ3n) is 6.69. The molecular formula is C25H26F3N5OS. The first kappa shape index (κ1) is 23.6. The number of alkyl halides is 3. The van der Waals surface area contributed by atoms with Crippen LogP contribution in [0.3, 0.4) is 0 Å². The van der Waals surface area contributed by atoms with Gasteiger partial charge in [0.25, 0.3) is 0 Å². The maximum atomic E-state index is 12.9. The minimum Gasteiger partial charge on any atom is -0.383 e. The second-order valence-electron chi connectivity index (χ2n) is 9.06. The van der Waals surface area contributed by atoms with Crippen molar-refractivity contribution in [2.45, 2.75) is 50.9 Å². The van der Waals surface area contributed by atoms with E-state index in [4.69, 9.17) is 4.98 Å². The molecule has 1 amide bonds. The quantitative estimate of drug-likeness (QED) is 0.525. The predicted octanol–water partition coefficient (Wildman–Crippen LogP) is 5.15. The van der Waals surface area contributed by atoms with Crippen LogP contribution in [0.4, 0.5) is 13.2 Å². The van der Waals surface area contributed by atoms with Gasteiger partial charge in [-0.15, -0.1) is 11.3 Å². The van der Waals surface area contributed by atoms with Gasteiger partial charge in [-0.3, -0.25) is 9.48 Å². The van der Waals surface area contributed by atoms with Crippen LogP contribution in [0.5, 0.6) is 0 Å². The molecule has 0 spiro atoms. The smallest absolute Gasteiger partial charge is 0.383 e. The van der Waals surface area contributed by atoms with Crippen LogP contribution in [0.25, 0.3) is 5.57 Å². The fourth-order valence-electron chi connectivity index (χ4n) is 4.65. The van der Waals surface area contributed by atoms with Gasteiger partial charge < -0.3 is 10.2 Å². The number of hydrogen-bond acceptors (Lipinski definition) is 5. The molecule has 0 radical (unpaired) electrons. The predicted molar refractivity (Wildman–Crippen MR) is 128 cm³/mol. The number of carbonyl (C=O) groups excluding carboxylic acids is 1. The molecule has 2 aromatic heterocycles. The highest BCUT2D eigenvalue weighted by Gasteiger charge is 2.35. The van der Waals surface area contributed by atoms with Gasteiger partial charge in [-0.25, -0.2) is 4.98 Å². The number of aromatic nitrogens is 3. The summed E-state index contributed by atoms with van der Waals surface area (Å²) in [6.45, 7) is 2.47. The van der Waals surface area contributed by atoms with Gasteiger partial charge in [-0.1, -0.05) is 30.3 Å². The number of carbonyl (C=O) groups is 1. The van der Waals surface area contributed by atoms with Crippen molar-refractivity contribution in [3.05, 3.63) is 75.6 Å². The summed E-state index contributed by atoms with van der Waals surface area (Å²) < 4.78 is 39.8. The summed E-state index contributed by atoms with van der Waals surface area (Å²) in [7, 11) is 0. The minimum absolute atomic E-state index is 0.183. The standard InChI is InChI=1S/C25H26F3N5OS/c1-16-11-22(25(26,27)28)31-33(16)14-23(34)32-9-7-18(8-10-32)24-30-21(15-35-24)19-12-20(29-13-19)17-5-3-2-4-6-17/h2-6,11,13,15,18,20,29H,7-10,12,14H2,1H3. The molecule has 184 valence electrons. The second kappa shape index (κ2) is 9.49. The lowest BCUT2D eigenvalue weighted by Gasteiger charge is -2.31. The number of nitrogens with one attached hydrogen (secondary N) is 1. The maximum Gasteiger partial charge on any atom is 0.435 e. The van der Waals surface area contributed by atoms with Gasteiger partial charge in [-0.2, -0.15) is 18.3 Å². The summed E-state index contributed by atoms with van der Waals surface area (Å²) in [5.41, 5.74) is 2.81. The molecule has 35 heavy (non-hydrogen) atoms. The van der Waals surface area contributed by atoms with Crippen LogP contribution < -0.4 is 5.32 Å². The Morgan fingerprint density at radius 2 is 1.94 bits per heavy atom. The average Bonchev–Trinajstić information content (AvgIpc) is 3.60. The van der Waals surface area contributed by atoms with Crippen LogP contribution in [-0.2, 0) is 17.5 Å². The van der Waals surface area contributed by atoms with E-state index in [1.165, 1.54) is 18.1 Å². The molecule has 0 aliphatic carbocycles. The molecule has 6 nitrogen and oxygen atoms in total. The summed E-state index contributed by atoms with van der Waals surface area (Å²) in [5.74, 6) is 0.0679. The minimum atomic E-state index is -4.52. The van der Waals surface area contributed by atoms with Crippen molar-refractivity contribution in [1.29, 1.82) is 0 Å². The summed E-state index contributed by atoms with van der Waals surface area (Å²) in [6, 6.07) is 11.6. The van der Waals surface area contributed by atoms with E-state index in [9.17, 15) is 18.0 Å². The van der Waals surface area contributed by atoms with Gasteiger partial charge >= 0.3 is 6.18 Å². The number of amides is 1. The molecule has 1 aromatic carbocycles. The Bertz CT molecular complexity index is 1230. The van der Waals surface area contributed by atoms with Gasteiger partial charge in [-0.05, 0) is 37.0 Å². The van der Waals surface area contributed by atoms with E-state index >= 15 is 0 Å². The molecule has 1 unspecified atom stereocenters. The van der Waals surface area contributed by atoms with Crippen molar-refractivity contribution in [3.8, 4) is 0 Å². The van der Waals surface area contributed by atoms with E-state index in [1.807, 2.05) is 18.2 Å². The number of aryl methyl sites for hydroxylation is 1. The first-order chi connectivity index (χ1) is 16.8. The van der Waals surface area contributed by atoms with Gasteiger partial charge in [0.05, 0.1) is 16.7 Å². The highest BCUT2D eigenvalue weighted by Crippen LogP contribution is 2.36. The van der Waals surface area contributed by atoms with Crippen molar-refractivity contribution in [1.82, 2.24) is 25.0 Å². The van der Waals surface area contributed by atoms with Crippen LogP contribution in [0.1, 0.15) is 58.9 Å². The Labute approximate surface area is 205 Å². The average molecular weight is 502 g/mol. The third-order valence-corrected chi connectivity index (χ3v) is 7.70. The molecule has 10 heteroatoms. The van der Waals surface area contributed by atoms with E-state index in [0.29, 0.717) is 18.8 Å². The summed E-state index contributed by atoms with van der Waals surface area (Å²) in [4.78, 5) is 19.3. The highest BCUT2D eigenvalue weighted by molar-refractivity contribution is 7.09. The van der Waals surface area contributed by atoms with Crippen LogP contribution in [0.2, 0.25) is 0 Å².